The molecule has 0 saturated carbocycles. The maximum Gasteiger partial charge on any atom is 0.131 e. The number of benzene rings is 3. The van der Waals surface area contributed by atoms with Crippen LogP contribution in [0.25, 0.3) is 22.5 Å². The van der Waals surface area contributed by atoms with E-state index in [1.54, 1.807) is 12.4 Å². The fourth-order valence-electron chi connectivity index (χ4n) is 5.89. The van der Waals surface area contributed by atoms with Gasteiger partial charge in [-0.25, -0.2) is 0 Å². The monoisotopic (exact) mass is 540 g/mol. The topological polar surface area (TPSA) is 41.5 Å². The molecule has 1 aliphatic rings. The Bertz CT molecular complexity index is 1660. The van der Waals surface area contributed by atoms with E-state index in [1.165, 1.54) is 46.5 Å². The molecule has 5 heteroatoms. The van der Waals surface area contributed by atoms with Crippen molar-refractivity contribution in [1.29, 1.82) is 0 Å². The van der Waals surface area contributed by atoms with Gasteiger partial charge in [-0.15, -0.1) is 0 Å². The van der Waals surface area contributed by atoms with E-state index in [2.05, 4.69) is 102 Å². The van der Waals surface area contributed by atoms with Crippen molar-refractivity contribution in [2.75, 3.05) is 23.0 Å². The van der Waals surface area contributed by atoms with Gasteiger partial charge in [-0.3, -0.25) is 9.97 Å². The van der Waals surface area contributed by atoms with Crippen LogP contribution in [0.4, 0.5) is 17.1 Å². The zero-order valence-corrected chi connectivity index (χ0v) is 24.3. The molecule has 0 atom stereocenters. The van der Waals surface area contributed by atoms with Crippen molar-refractivity contribution in [2.45, 2.75) is 40.5 Å². The van der Waals surface area contributed by atoms with Crippen LogP contribution in [0.3, 0.4) is 0 Å². The minimum Gasteiger partial charge on any atom is -0.457 e. The standard InChI is InChI=1S/C36H36N4O/c1-5-6-17-39-24-40(35-13-8-7-12-34(35)39)29-20-28(36-26(3)18-25(2)19-27(36)4)21-31(22-29)41-30-14-16-38-33(23-30)32-11-9-10-15-37-32/h7-16,18-23H,5-6,17,24H2,1-4H3. The highest BCUT2D eigenvalue weighted by Crippen LogP contribution is 2.44. The van der Waals surface area contributed by atoms with E-state index in [4.69, 9.17) is 4.74 Å². The Kier molecular flexibility index (Phi) is 7.43. The third-order valence-electron chi connectivity index (χ3n) is 7.67. The molecule has 6 rings (SSSR count). The summed E-state index contributed by atoms with van der Waals surface area (Å²) >= 11 is 0. The maximum atomic E-state index is 6.58. The van der Waals surface area contributed by atoms with Gasteiger partial charge < -0.3 is 14.5 Å². The van der Waals surface area contributed by atoms with Gasteiger partial charge in [0.2, 0.25) is 0 Å². The Hall–Kier alpha value is -4.64. The predicted molar refractivity (Wildman–Crippen MR) is 169 cm³/mol. The van der Waals surface area contributed by atoms with Crippen LogP contribution >= 0.6 is 0 Å². The lowest BCUT2D eigenvalue weighted by Gasteiger charge is -2.24. The molecule has 1 aliphatic heterocycles. The average Bonchev–Trinajstić information content (AvgIpc) is 3.35. The number of hydrogen-bond donors (Lipinski definition) is 0. The highest BCUT2D eigenvalue weighted by molar-refractivity contribution is 5.85. The van der Waals surface area contributed by atoms with Gasteiger partial charge in [-0.1, -0.05) is 49.2 Å². The number of rotatable bonds is 8. The molecule has 0 saturated heterocycles. The SMILES string of the molecule is CCCCN1CN(c2cc(Oc3ccnc(-c4ccccn4)c3)cc(-c3c(C)cc(C)cc3C)c2)c2ccccc21. The smallest absolute Gasteiger partial charge is 0.131 e. The van der Waals surface area contributed by atoms with Gasteiger partial charge >= 0.3 is 0 Å². The van der Waals surface area contributed by atoms with Gasteiger partial charge in [-0.05, 0) is 91.9 Å². The number of aryl methyl sites for hydroxylation is 3. The van der Waals surface area contributed by atoms with Crippen LogP contribution in [0.5, 0.6) is 11.5 Å². The van der Waals surface area contributed by atoms with Gasteiger partial charge in [0.15, 0.2) is 0 Å². The van der Waals surface area contributed by atoms with Crippen molar-refractivity contribution in [3.8, 4) is 34.0 Å². The molecule has 0 bridgehead atoms. The summed E-state index contributed by atoms with van der Waals surface area (Å²) in [4.78, 5) is 13.9. The molecular formula is C36H36N4O. The van der Waals surface area contributed by atoms with E-state index < -0.39 is 0 Å². The number of anilines is 3. The Balaban J connectivity index is 1.44. The predicted octanol–water partition coefficient (Wildman–Crippen LogP) is 9.24. The lowest BCUT2D eigenvalue weighted by molar-refractivity contribution is 0.482. The minimum atomic E-state index is 0.729. The van der Waals surface area contributed by atoms with Gasteiger partial charge in [0, 0.05) is 36.8 Å². The van der Waals surface area contributed by atoms with E-state index in [9.17, 15) is 0 Å². The first-order valence-electron chi connectivity index (χ1n) is 14.4. The number of para-hydroxylation sites is 2. The highest BCUT2D eigenvalue weighted by atomic mass is 16.5. The van der Waals surface area contributed by atoms with Crippen LogP contribution in [0.15, 0.2) is 97.3 Å². The second-order valence-electron chi connectivity index (χ2n) is 10.9. The summed E-state index contributed by atoms with van der Waals surface area (Å²) in [5, 5.41) is 0. The zero-order valence-electron chi connectivity index (χ0n) is 24.3. The Morgan fingerprint density at radius 3 is 2.24 bits per heavy atom. The second kappa shape index (κ2) is 11.5. The minimum absolute atomic E-state index is 0.729. The molecule has 3 aromatic carbocycles. The Labute approximate surface area is 243 Å². The van der Waals surface area contributed by atoms with Crippen molar-refractivity contribution < 1.29 is 4.74 Å². The van der Waals surface area contributed by atoms with E-state index in [1.807, 2.05) is 30.3 Å². The van der Waals surface area contributed by atoms with Gasteiger partial charge in [0.25, 0.3) is 0 Å². The van der Waals surface area contributed by atoms with Crippen LogP contribution in [0.1, 0.15) is 36.5 Å². The number of fused-ring (bicyclic) bond motifs is 1. The molecule has 5 nitrogen and oxygen atoms in total. The normalized spacial score (nSPS) is 12.5. The van der Waals surface area contributed by atoms with Crippen molar-refractivity contribution >= 4 is 17.1 Å². The molecule has 206 valence electrons. The fraction of sp³-hybridized carbons (Fsp3) is 0.222. The van der Waals surface area contributed by atoms with E-state index in [0.717, 1.165) is 47.4 Å². The molecule has 2 aromatic heterocycles. The molecule has 0 fully saturated rings. The van der Waals surface area contributed by atoms with Crippen LogP contribution in [0.2, 0.25) is 0 Å². The lowest BCUT2D eigenvalue weighted by Crippen LogP contribution is -2.28. The summed E-state index contributed by atoms with van der Waals surface area (Å²) < 4.78 is 6.58. The quantitative estimate of drug-likeness (QED) is 0.196. The molecule has 0 spiro atoms. The number of pyridine rings is 2. The highest BCUT2D eigenvalue weighted by Gasteiger charge is 2.27. The largest absolute Gasteiger partial charge is 0.457 e. The zero-order chi connectivity index (χ0) is 28.3. The van der Waals surface area contributed by atoms with Crippen LogP contribution in [-0.2, 0) is 0 Å². The molecule has 0 amide bonds. The summed E-state index contributed by atoms with van der Waals surface area (Å²) in [6.07, 6.45) is 5.90. The van der Waals surface area contributed by atoms with Crippen LogP contribution in [-0.4, -0.2) is 23.2 Å². The van der Waals surface area contributed by atoms with Crippen LogP contribution < -0.4 is 14.5 Å². The van der Waals surface area contributed by atoms with E-state index in [0.29, 0.717) is 0 Å². The third kappa shape index (κ3) is 5.53. The fourth-order valence-corrected chi connectivity index (χ4v) is 5.89. The summed E-state index contributed by atoms with van der Waals surface area (Å²) in [7, 11) is 0. The third-order valence-corrected chi connectivity index (χ3v) is 7.67. The van der Waals surface area contributed by atoms with Gasteiger partial charge in [-0.2, -0.15) is 0 Å². The molecule has 0 unspecified atom stereocenters. The van der Waals surface area contributed by atoms with E-state index >= 15 is 0 Å². The van der Waals surface area contributed by atoms with Crippen molar-refractivity contribution in [3.63, 3.8) is 0 Å². The molecule has 0 aliphatic carbocycles. The first kappa shape index (κ1) is 26.6. The number of nitrogens with zero attached hydrogens (tertiary/aromatic N) is 4. The molecule has 0 N–H and O–H groups in total. The average molecular weight is 541 g/mol. The molecular weight excluding hydrogens is 504 g/mol. The van der Waals surface area contributed by atoms with E-state index in [-0.39, 0.29) is 0 Å². The molecule has 3 heterocycles. The van der Waals surface area contributed by atoms with Crippen molar-refractivity contribution in [3.05, 3.63) is 114 Å². The first-order valence-corrected chi connectivity index (χ1v) is 14.4. The lowest BCUT2D eigenvalue weighted by atomic mass is 9.93. The van der Waals surface area contributed by atoms with Gasteiger partial charge in [0.05, 0.1) is 29.4 Å². The molecule has 41 heavy (non-hydrogen) atoms. The molecule has 5 aromatic rings. The summed E-state index contributed by atoms with van der Waals surface area (Å²) in [6, 6.07) is 29.5. The van der Waals surface area contributed by atoms with Crippen molar-refractivity contribution in [2.24, 2.45) is 0 Å². The summed E-state index contributed by atoms with van der Waals surface area (Å²) in [5.74, 6) is 1.52. The second-order valence-corrected chi connectivity index (χ2v) is 10.9. The number of hydrogen-bond acceptors (Lipinski definition) is 5. The maximum absolute atomic E-state index is 6.58. The first-order chi connectivity index (χ1) is 20.0. The molecule has 0 radical (unpaired) electrons. The van der Waals surface area contributed by atoms with Crippen LogP contribution in [0, 0.1) is 20.8 Å². The Morgan fingerprint density at radius 1 is 0.732 bits per heavy atom. The Morgan fingerprint density at radius 2 is 1.49 bits per heavy atom. The number of aromatic nitrogens is 2. The van der Waals surface area contributed by atoms with Gasteiger partial charge in [0.1, 0.15) is 11.5 Å². The van der Waals surface area contributed by atoms with Crippen molar-refractivity contribution in [1.82, 2.24) is 9.97 Å². The summed E-state index contributed by atoms with van der Waals surface area (Å²) in [6.45, 7) is 10.6. The number of ether oxygens (including phenoxy) is 1. The number of unbranched alkanes of at least 4 members (excludes halogenated alkanes) is 1. The summed E-state index contributed by atoms with van der Waals surface area (Å²) in [5.41, 5.74) is 11.4.